The predicted molar refractivity (Wildman–Crippen MR) is 45.8 cm³/mol. The Bertz CT molecular complexity index is 325. The number of allylic oxidation sites excluding steroid dienone is 2. The molecule has 0 heterocycles. The number of hydrogen-bond acceptors (Lipinski definition) is 2. The van der Waals surface area contributed by atoms with Gasteiger partial charge in [0.2, 0.25) is 0 Å². The molecule has 0 spiro atoms. The van der Waals surface area contributed by atoms with Crippen LogP contribution in [0.2, 0.25) is 0 Å². The topological polar surface area (TPSA) is 40.1 Å². The minimum atomic E-state index is -4.61. The number of hydrogen-bond donors (Lipinski definition) is 0. The van der Waals surface area contributed by atoms with Crippen LogP contribution >= 0.6 is 11.6 Å². The molecule has 1 fully saturated rings. The molecule has 1 aliphatic rings. The van der Waals surface area contributed by atoms with Crippen molar-refractivity contribution in [2.75, 3.05) is 0 Å². The van der Waals surface area contributed by atoms with Crippen molar-refractivity contribution in [2.45, 2.75) is 20.0 Å². The van der Waals surface area contributed by atoms with Crippen molar-refractivity contribution in [1.29, 1.82) is 0 Å². The molecule has 0 amide bonds. The van der Waals surface area contributed by atoms with Crippen LogP contribution in [-0.4, -0.2) is 12.1 Å². The van der Waals surface area contributed by atoms with Crippen molar-refractivity contribution in [3.8, 4) is 0 Å². The van der Waals surface area contributed by atoms with E-state index in [2.05, 4.69) is 0 Å². The second-order valence-electron chi connectivity index (χ2n) is 4.16. The van der Waals surface area contributed by atoms with Gasteiger partial charge in [-0.3, -0.25) is 0 Å². The summed E-state index contributed by atoms with van der Waals surface area (Å²) in [6.45, 7) is 3.13. The van der Waals surface area contributed by atoms with Gasteiger partial charge < -0.3 is 9.90 Å². The van der Waals surface area contributed by atoms with Gasteiger partial charge in [-0.25, -0.2) is 0 Å². The number of alkyl halides is 3. The average Bonchev–Trinajstić information content (AvgIpc) is 2.50. The molecule has 2 atom stereocenters. The molecule has 0 radical (unpaired) electrons. The molecule has 1 aliphatic carbocycles. The summed E-state index contributed by atoms with van der Waals surface area (Å²) in [5.74, 6) is -2.95. The number of carboxylic acids is 1. The van der Waals surface area contributed by atoms with Gasteiger partial charge in [0, 0.05) is 11.9 Å². The van der Waals surface area contributed by atoms with Crippen LogP contribution < -0.4 is 56.5 Å². The Balaban J connectivity index is 0.00000225. The van der Waals surface area contributed by atoms with Crippen LogP contribution in [0, 0.1) is 17.3 Å². The largest absolute Gasteiger partial charge is 1.00 e. The van der Waals surface area contributed by atoms with Gasteiger partial charge in [0.15, 0.2) is 0 Å². The van der Waals surface area contributed by atoms with Gasteiger partial charge in [-0.05, 0) is 11.3 Å². The maximum Gasteiger partial charge on any atom is 1.00 e. The van der Waals surface area contributed by atoms with Crippen LogP contribution in [0.1, 0.15) is 13.8 Å². The first-order valence-corrected chi connectivity index (χ1v) is 4.61. The number of carbonyl (C=O) groups excluding carboxylic acids is 1. The smallest absolute Gasteiger partial charge is 0.550 e. The number of carbonyl (C=O) groups is 1. The van der Waals surface area contributed by atoms with Crippen molar-refractivity contribution in [2.24, 2.45) is 17.3 Å². The fraction of sp³-hybridized carbons (Fsp3) is 0.667. The van der Waals surface area contributed by atoms with E-state index < -0.39 is 34.4 Å². The Labute approximate surface area is 139 Å². The Hall–Kier alpha value is 0.926. The van der Waals surface area contributed by atoms with Gasteiger partial charge in [-0.2, -0.15) is 13.2 Å². The summed E-state index contributed by atoms with van der Waals surface area (Å²) < 4.78 is 36.2. The third kappa shape index (κ3) is 3.46. The third-order valence-electron chi connectivity index (χ3n) is 2.76. The minimum Gasteiger partial charge on any atom is -0.550 e. The predicted octanol–water partition coefficient (Wildman–Crippen LogP) is -1.30. The molecule has 0 aromatic carbocycles. The molecular weight excluding hydrogens is 272 g/mol. The van der Waals surface area contributed by atoms with Crippen molar-refractivity contribution in [3.63, 3.8) is 0 Å². The number of rotatable bonds is 2. The number of aliphatic carboxylic acids is 1. The molecule has 0 aromatic heterocycles. The maximum atomic E-state index is 12.1. The molecule has 7 heteroatoms. The van der Waals surface area contributed by atoms with Gasteiger partial charge in [-0.15, -0.1) is 0 Å². The normalized spacial score (nSPS) is 28.2. The van der Waals surface area contributed by atoms with Gasteiger partial charge in [-0.1, -0.05) is 31.5 Å². The van der Waals surface area contributed by atoms with Crippen molar-refractivity contribution in [1.82, 2.24) is 0 Å². The molecule has 1 saturated carbocycles. The zero-order valence-corrected chi connectivity index (χ0v) is 12.9. The summed E-state index contributed by atoms with van der Waals surface area (Å²) in [5, 5.41) is 9.28. The SMILES string of the molecule is CC1(C)[C@H](C=C(Cl)C(F)(F)F)[C@@H]1C(=O)[O-].[K+]. The summed E-state index contributed by atoms with van der Waals surface area (Å²) >= 11 is 5.01. The van der Waals surface area contributed by atoms with Crippen molar-refractivity contribution >= 4 is 17.6 Å². The molecule has 0 aliphatic heterocycles. The van der Waals surface area contributed by atoms with Crippen LogP contribution in [0.5, 0.6) is 0 Å². The van der Waals surface area contributed by atoms with Crippen LogP contribution in [0.15, 0.2) is 11.1 Å². The first-order chi connectivity index (χ1) is 6.58. The monoisotopic (exact) mass is 280 g/mol. The zero-order chi connectivity index (χ0) is 12.0. The quantitative estimate of drug-likeness (QED) is 0.590. The van der Waals surface area contributed by atoms with E-state index in [1.807, 2.05) is 0 Å². The molecule has 86 valence electrons. The van der Waals surface area contributed by atoms with E-state index in [4.69, 9.17) is 11.6 Å². The van der Waals surface area contributed by atoms with Crippen LogP contribution in [-0.2, 0) is 4.79 Å². The zero-order valence-electron chi connectivity index (χ0n) is 9.06. The molecule has 0 saturated heterocycles. The summed E-state index contributed by atoms with van der Waals surface area (Å²) in [6, 6.07) is 0. The van der Waals surface area contributed by atoms with E-state index in [1.165, 1.54) is 0 Å². The molecular formula is C9H9ClF3KO2. The van der Waals surface area contributed by atoms with Gasteiger partial charge in [0.1, 0.15) is 5.03 Å². The van der Waals surface area contributed by atoms with E-state index in [-0.39, 0.29) is 51.4 Å². The van der Waals surface area contributed by atoms with E-state index in [0.29, 0.717) is 0 Å². The number of carboxylic acid groups (broad SMARTS) is 1. The standard InChI is InChI=1S/C9H10ClF3O2.K/c1-8(2)4(6(8)7(14)15)3-5(10)9(11,12)13;/h3-4,6H,1-2H3,(H,14,15);/q;+1/p-1/t4-,6-;/m1./s1. The van der Waals surface area contributed by atoms with Crippen LogP contribution in [0.25, 0.3) is 0 Å². The Kier molecular flexibility index (Phi) is 5.58. The Morgan fingerprint density at radius 3 is 2.12 bits per heavy atom. The summed E-state index contributed by atoms with van der Waals surface area (Å²) in [5.41, 5.74) is -0.718. The van der Waals surface area contributed by atoms with E-state index in [0.717, 1.165) is 6.08 Å². The Morgan fingerprint density at radius 2 is 1.88 bits per heavy atom. The first kappa shape index (κ1) is 16.9. The summed E-state index contributed by atoms with van der Waals surface area (Å²) in [7, 11) is 0. The van der Waals surface area contributed by atoms with Crippen LogP contribution in [0.3, 0.4) is 0 Å². The van der Waals surface area contributed by atoms with Crippen molar-refractivity contribution in [3.05, 3.63) is 11.1 Å². The fourth-order valence-electron chi connectivity index (χ4n) is 1.69. The molecule has 2 nitrogen and oxygen atoms in total. The minimum absolute atomic E-state index is 0. The first-order valence-electron chi connectivity index (χ1n) is 4.24. The molecule has 0 aromatic rings. The van der Waals surface area contributed by atoms with Gasteiger partial charge in [0.05, 0.1) is 0 Å². The molecule has 0 N–H and O–H groups in total. The molecule has 1 rings (SSSR count). The van der Waals surface area contributed by atoms with Crippen molar-refractivity contribution < 1.29 is 74.5 Å². The Morgan fingerprint density at radius 1 is 1.44 bits per heavy atom. The fourth-order valence-corrected chi connectivity index (χ4v) is 1.83. The van der Waals surface area contributed by atoms with E-state index in [1.54, 1.807) is 13.8 Å². The third-order valence-corrected chi connectivity index (χ3v) is 3.10. The maximum absolute atomic E-state index is 12.1. The van der Waals surface area contributed by atoms with Gasteiger partial charge >= 0.3 is 57.6 Å². The van der Waals surface area contributed by atoms with Gasteiger partial charge in [0.25, 0.3) is 0 Å². The van der Waals surface area contributed by atoms with Crippen LogP contribution in [0.4, 0.5) is 13.2 Å². The molecule has 0 bridgehead atoms. The van der Waals surface area contributed by atoms with E-state index >= 15 is 0 Å². The molecule has 0 unspecified atom stereocenters. The average molecular weight is 281 g/mol. The summed E-state index contributed by atoms with van der Waals surface area (Å²) in [4.78, 5) is 10.6. The molecule has 16 heavy (non-hydrogen) atoms. The summed E-state index contributed by atoms with van der Waals surface area (Å²) in [6.07, 6.45) is -3.86. The second-order valence-corrected chi connectivity index (χ2v) is 4.56. The second kappa shape index (κ2) is 5.28. The van der Waals surface area contributed by atoms with E-state index in [9.17, 15) is 23.1 Å². The number of halogens is 4.